The molecular weight excluding hydrogens is 526 g/mol. The second kappa shape index (κ2) is 10.5. The van der Waals surface area contributed by atoms with Crippen molar-refractivity contribution in [2.75, 3.05) is 10.0 Å². The molecule has 0 aliphatic heterocycles. The molecule has 0 radical (unpaired) electrons. The first-order chi connectivity index (χ1) is 17.1. The van der Waals surface area contributed by atoms with Crippen LogP contribution in [0.1, 0.15) is 26.3 Å². The molecule has 0 aliphatic carbocycles. The van der Waals surface area contributed by atoms with Gasteiger partial charge in [0.15, 0.2) is 5.78 Å². The number of anilines is 2. The van der Waals surface area contributed by atoms with Crippen molar-refractivity contribution in [3.8, 4) is 0 Å². The molecule has 0 saturated carbocycles. The van der Waals surface area contributed by atoms with Crippen LogP contribution in [0.2, 0.25) is 10.0 Å². The van der Waals surface area contributed by atoms with Gasteiger partial charge in [-0.1, -0.05) is 59.6 Å². The summed E-state index contributed by atoms with van der Waals surface area (Å²) >= 11 is 11.9. The summed E-state index contributed by atoms with van der Waals surface area (Å²) in [6, 6.07) is 21.5. The third-order valence-electron chi connectivity index (χ3n) is 5.09. The molecule has 2 N–H and O–H groups in total. The number of nitrogens with one attached hydrogen (secondary N) is 2. The second-order valence-electron chi connectivity index (χ2n) is 7.60. The number of carbonyl (C=O) groups excluding carboxylic acids is 2. The van der Waals surface area contributed by atoms with Crippen LogP contribution in [-0.2, 0) is 10.0 Å². The van der Waals surface area contributed by atoms with Crippen molar-refractivity contribution >= 4 is 56.3 Å². The van der Waals surface area contributed by atoms with E-state index in [0.717, 1.165) is 18.2 Å². The van der Waals surface area contributed by atoms with Crippen LogP contribution in [0.15, 0.2) is 95.9 Å². The van der Waals surface area contributed by atoms with Crippen LogP contribution in [0.4, 0.5) is 15.8 Å². The van der Waals surface area contributed by atoms with Gasteiger partial charge >= 0.3 is 0 Å². The predicted octanol–water partition coefficient (Wildman–Crippen LogP) is 6.42. The van der Waals surface area contributed by atoms with Crippen molar-refractivity contribution < 1.29 is 22.4 Å². The molecule has 0 saturated heterocycles. The summed E-state index contributed by atoms with van der Waals surface area (Å²) in [6.07, 6.45) is 0. The smallest absolute Gasteiger partial charge is 0.262 e. The minimum absolute atomic E-state index is 0.0213. The van der Waals surface area contributed by atoms with E-state index in [1.54, 1.807) is 42.5 Å². The average Bonchev–Trinajstić information content (AvgIpc) is 2.86. The molecule has 0 atom stereocenters. The largest absolute Gasteiger partial charge is 0.319 e. The van der Waals surface area contributed by atoms with E-state index in [4.69, 9.17) is 23.2 Å². The zero-order valence-electron chi connectivity index (χ0n) is 18.3. The van der Waals surface area contributed by atoms with E-state index in [0.29, 0.717) is 10.6 Å². The van der Waals surface area contributed by atoms with E-state index in [1.165, 1.54) is 30.3 Å². The van der Waals surface area contributed by atoms with Crippen LogP contribution in [0.25, 0.3) is 0 Å². The molecular formula is C26H17Cl2FN2O4S. The van der Waals surface area contributed by atoms with E-state index in [-0.39, 0.29) is 27.5 Å². The maximum atomic E-state index is 14.8. The first kappa shape index (κ1) is 25.4. The van der Waals surface area contributed by atoms with Gasteiger partial charge < -0.3 is 5.32 Å². The van der Waals surface area contributed by atoms with E-state index < -0.39 is 32.4 Å². The molecule has 0 aromatic heterocycles. The maximum Gasteiger partial charge on any atom is 0.262 e. The number of sulfonamides is 1. The Labute approximate surface area is 216 Å². The summed E-state index contributed by atoms with van der Waals surface area (Å²) in [6.45, 7) is 0. The van der Waals surface area contributed by atoms with Gasteiger partial charge in [-0.3, -0.25) is 14.3 Å². The van der Waals surface area contributed by atoms with Crippen molar-refractivity contribution in [2.45, 2.75) is 4.90 Å². The number of ketones is 1. The lowest BCUT2D eigenvalue weighted by atomic mass is 10.0. The molecule has 0 bridgehead atoms. The van der Waals surface area contributed by atoms with Crippen molar-refractivity contribution in [3.63, 3.8) is 0 Å². The van der Waals surface area contributed by atoms with Crippen LogP contribution >= 0.6 is 23.2 Å². The Bertz CT molecular complexity index is 1580. The quantitative estimate of drug-likeness (QED) is 0.263. The van der Waals surface area contributed by atoms with E-state index in [1.807, 2.05) is 0 Å². The number of hydrogen-bond donors (Lipinski definition) is 2. The SMILES string of the molecule is O=C(Nc1ccc(S(=O)(=O)Nc2ccc(Cl)cc2C(=O)c2ccccc2)cc1F)c1cccc(Cl)c1. The van der Waals surface area contributed by atoms with Crippen LogP contribution in [0.5, 0.6) is 0 Å². The van der Waals surface area contributed by atoms with Crippen LogP contribution < -0.4 is 10.0 Å². The summed E-state index contributed by atoms with van der Waals surface area (Å²) in [4.78, 5) is 24.9. The maximum absolute atomic E-state index is 14.8. The Hall–Kier alpha value is -3.72. The highest BCUT2D eigenvalue weighted by atomic mass is 35.5. The molecule has 1 amide bonds. The molecule has 10 heteroatoms. The van der Waals surface area contributed by atoms with Gasteiger partial charge in [0.25, 0.3) is 15.9 Å². The molecule has 0 fully saturated rings. The van der Waals surface area contributed by atoms with Gasteiger partial charge in [0, 0.05) is 26.7 Å². The summed E-state index contributed by atoms with van der Waals surface area (Å²) in [5, 5.41) is 2.96. The number of rotatable bonds is 7. The number of carbonyl (C=O) groups is 2. The van der Waals surface area contributed by atoms with Crippen LogP contribution in [-0.4, -0.2) is 20.1 Å². The fraction of sp³-hybridized carbons (Fsp3) is 0. The normalized spacial score (nSPS) is 11.1. The van der Waals surface area contributed by atoms with Crippen molar-refractivity contribution in [1.29, 1.82) is 0 Å². The molecule has 0 aliphatic rings. The van der Waals surface area contributed by atoms with Gasteiger partial charge in [0.05, 0.1) is 16.3 Å². The molecule has 0 unspecified atom stereocenters. The van der Waals surface area contributed by atoms with Crippen molar-refractivity contribution in [2.24, 2.45) is 0 Å². The number of hydrogen-bond acceptors (Lipinski definition) is 4. The lowest BCUT2D eigenvalue weighted by Gasteiger charge is -2.14. The lowest BCUT2D eigenvalue weighted by molar-refractivity contribution is 0.102. The molecule has 182 valence electrons. The molecule has 0 heterocycles. The summed E-state index contributed by atoms with van der Waals surface area (Å²) in [5.74, 6) is -2.03. The Balaban J connectivity index is 1.59. The predicted molar refractivity (Wildman–Crippen MR) is 138 cm³/mol. The van der Waals surface area contributed by atoms with Gasteiger partial charge in [-0.05, 0) is 54.6 Å². The van der Waals surface area contributed by atoms with E-state index >= 15 is 0 Å². The molecule has 4 aromatic carbocycles. The minimum atomic E-state index is -4.31. The molecule has 4 aromatic rings. The Morgan fingerprint density at radius 3 is 2.08 bits per heavy atom. The third kappa shape index (κ3) is 5.73. The first-order valence-electron chi connectivity index (χ1n) is 10.4. The van der Waals surface area contributed by atoms with Gasteiger partial charge in [0.1, 0.15) is 5.82 Å². The zero-order chi connectivity index (χ0) is 25.9. The van der Waals surface area contributed by atoms with E-state index in [2.05, 4.69) is 10.0 Å². The number of amides is 1. The first-order valence-corrected chi connectivity index (χ1v) is 12.7. The summed E-state index contributed by atoms with van der Waals surface area (Å²) in [7, 11) is -4.31. The highest BCUT2D eigenvalue weighted by Crippen LogP contribution is 2.27. The molecule has 0 spiro atoms. The Morgan fingerprint density at radius 2 is 1.39 bits per heavy atom. The van der Waals surface area contributed by atoms with Gasteiger partial charge in [-0.25, -0.2) is 12.8 Å². The summed E-state index contributed by atoms with van der Waals surface area (Å²) < 4.78 is 43.1. The highest BCUT2D eigenvalue weighted by molar-refractivity contribution is 7.92. The fourth-order valence-electron chi connectivity index (χ4n) is 3.33. The van der Waals surface area contributed by atoms with Gasteiger partial charge in [-0.15, -0.1) is 0 Å². The minimum Gasteiger partial charge on any atom is -0.319 e. The van der Waals surface area contributed by atoms with Crippen molar-refractivity contribution in [3.05, 3.63) is 124 Å². The topological polar surface area (TPSA) is 92.3 Å². The van der Waals surface area contributed by atoms with Crippen LogP contribution in [0.3, 0.4) is 0 Å². The van der Waals surface area contributed by atoms with Crippen molar-refractivity contribution in [1.82, 2.24) is 0 Å². The number of halogens is 3. The number of benzene rings is 4. The lowest BCUT2D eigenvalue weighted by Crippen LogP contribution is -2.17. The highest BCUT2D eigenvalue weighted by Gasteiger charge is 2.22. The monoisotopic (exact) mass is 542 g/mol. The molecule has 4 rings (SSSR count). The van der Waals surface area contributed by atoms with Crippen LogP contribution in [0, 0.1) is 5.82 Å². The summed E-state index contributed by atoms with van der Waals surface area (Å²) in [5.41, 5.74) is 0.338. The second-order valence-corrected chi connectivity index (χ2v) is 10.2. The Morgan fingerprint density at radius 1 is 0.722 bits per heavy atom. The third-order valence-corrected chi connectivity index (χ3v) is 6.93. The van der Waals surface area contributed by atoms with Gasteiger partial charge in [-0.2, -0.15) is 0 Å². The fourth-order valence-corrected chi connectivity index (χ4v) is 4.78. The molecule has 36 heavy (non-hydrogen) atoms. The zero-order valence-corrected chi connectivity index (χ0v) is 20.7. The standard InChI is InChI=1S/C26H17Cl2FN2O4S/c27-18-8-4-7-17(13-18)26(33)30-24-12-10-20(15-22(24)29)36(34,35)31-23-11-9-19(28)14-21(23)25(32)16-5-2-1-3-6-16/h1-15,31H,(H,30,33). The van der Waals surface area contributed by atoms with E-state index in [9.17, 15) is 22.4 Å². The Kier molecular flexibility index (Phi) is 7.40. The molecule has 6 nitrogen and oxygen atoms in total. The average molecular weight is 543 g/mol. The van der Waals surface area contributed by atoms with Gasteiger partial charge in [0.2, 0.25) is 0 Å².